The molecule has 2 aromatic rings. The van der Waals surface area contributed by atoms with Crippen LogP contribution in [0, 0.1) is 18.3 Å². The van der Waals surface area contributed by atoms with Crippen LogP contribution in [-0.2, 0) is 6.54 Å². The predicted octanol–water partition coefficient (Wildman–Crippen LogP) is 1.27. The molecular formula is C13H13N5O2. The van der Waals surface area contributed by atoms with Crippen molar-refractivity contribution in [2.24, 2.45) is 0 Å². The Hall–Kier alpha value is -2.88. The van der Waals surface area contributed by atoms with E-state index in [-0.39, 0.29) is 5.69 Å². The Morgan fingerprint density at radius 3 is 3.00 bits per heavy atom. The fourth-order valence-corrected chi connectivity index (χ4v) is 1.68. The molecule has 0 fully saturated rings. The second-order valence-corrected chi connectivity index (χ2v) is 4.19. The average Bonchev–Trinajstić information content (AvgIpc) is 2.88. The van der Waals surface area contributed by atoms with E-state index in [1.165, 1.54) is 12.5 Å². The lowest BCUT2D eigenvalue weighted by Crippen LogP contribution is -2.11. The van der Waals surface area contributed by atoms with Gasteiger partial charge in [-0.25, -0.2) is 14.8 Å². The molecule has 2 aromatic heterocycles. The van der Waals surface area contributed by atoms with Crippen molar-refractivity contribution in [1.29, 1.82) is 5.26 Å². The summed E-state index contributed by atoms with van der Waals surface area (Å²) in [5.41, 5.74) is 1.31. The minimum atomic E-state index is -1.05. The van der Waals surface area contributed by atoms with Crippen LogP contribution in [0.4, 0.5) is 5.82 Å². The molecule has 0 aliphatic rings. The van der Waals surface area contributed by atoms with Crippen LogP contribution in [0.15, 0.2) is 24.7 Å². The maximum atomic E-state index is 10.7. The third-order valence-electron chi connectivity index (χ3n) is 2.67. The Morgan fingerprint density at radius 2 is 2.35 bits per heavy atom. The van der Waals surface area contributed by atoms with Crippen molar-refractivity contribution >= 4 is 11.8 Å². The molecule has 2 rings (SSSR count). The van der Waals surface area contributed by atoms with E-state index in [0.717, 1.165) is 5.69 Å². The highest BCUT2D eigenvalue weighted by atomic mass is 16.4. The molecule has 0 atom stereocenters. The van der Waals surface area contributed by atoms with Crippen molar-refractivity contribution in [2.45, 2.75) is 13.5 Å². The molecule has 0 spiro atoms. The van der Waals surface area contributed by atoms with Crippen LogP contribution in [-0.4, -0.2) is 32.2 Å². The zero-order valence-corrected chi connectivity index (χ0v) is 10.9. The van der Waals surface area contributed by atoms with Gasteiger partial charge in [0.05, 0.1) is 11.9 Å². The van der Waals surface area contributed by atoms with Crippen molar-refractivity contribution in [3.63, 3.8) is 0 Å². The molecule has 0 saturated carbocycles. The van der Waals surface area contributed by atoms with E-state index in [0.29, 0.717) is 24.5 Å². The monoisotopic (exact) mass is 271 g/mol. The fourth-order valence-electron chi connectivity index (χ4n) is 1.68. The van der Waals surface area contributed by atoms with E-state index in [1.54, 1.807) is 16.7 Å². The highest BCUT2D eigenvalue weighted by Crippen LogP contribution is 2.11. The molecule has 102 valence electrons. The van der Waals surface area contributed by atoms with Gasteiger partial charge < -0.3 is 15.0 Å². The largest absolute Gasteiger partial charge is 0.476 e. The van der Waals surface area contributed by atoms with Gasteiger partial charge in [0.15, 0.2) is 5.69 Å². The Kier molecular flexibility index (Phi) is 3.96. The maximum Gasteiger partial charge on any atom is 0.356 e. The molecule has 0 radical (unpaired) electrons. The van der Waals surface area contributed by atoms with E-state index < -0.39 is 5.97 Å². The second-order valence-electron chi connectivity index (χ2n) is 4.19. The van der Waals surface area contributed by atoms with Gasteiger partial charge in [0, 0.05) is 25.0 Å². The van der Waals surface area contributed by atoms with Crippen molar-refractivity contribution in [2.75, 3.05) is 11.9 Å². The van der Waals surface area contributed by atoms with Crippen LogP contribution >= 0.6 is 0 Å². The number of nitrogens with zero attached hydrogens (tertiary/aromatic N) is 4. The van der Waals surface area contributed by atoms with Gasteiger partial charge in [0.25, 0.3) is 0 Å². The van der Waals surface area contributed by atoms with E-state index in [1.807, 2.05) is 6.92 Å². The van der Waals surface area contributed by atoms with Crippen molar-refractivity contribution in [1.82, 2.24) is 14.5 Å². The minimum Gasteiger partial charge on any atom is -0.476 e. The van der Waals surface area contributed by atoms with Gasteiger partial charge in [-0.1, -0.05) is 0 Å². The van der Waals surface area contributed by atoms with Gasteiger partial charge in [0.1, 0.15) is 11.9 Å². The summed E-state index contributed by atoms with van der Waals surface area (Å²) in [5, 5.41) is 20.8. The molecule has 7 heteroatoms. The van der Waals surface area contributed by atoms with E-state index in [4.69, 9.17) is 10.4 Å². The molecule has 0 amide bonds. The zero-order chi connectivity index (χ0) is 14.5. The SMILES string of the molecule is Cc1ccc(C#N)c(NCCn2cnc(C(=O)O)c2)n1. The number of hydrogen-bond acceptors (Lipinski definition) is 5. The van der Waals surface area contributed by atoms with Crippen LogP contribution in [0.3, 0.4) is 0 Å². The number of imidazole rings is 1. The number of nitriles is 1. The van der Waals surface area contributed by atoms with Crippen LogP contribution in [0.25, 0.3) is 0 Å². The summed E-state index contributed by atoms with van der Waals surface area (Å²) in [5.74, 6) is -0.519. The molecule has 0 unspecified atom stereocenters. The maximum absolute atomic E-state index is 10.7. The number of hydrogen-bond donors (Lipinski definition) is 2. The normalized spacial score (nSPS) is 10.0. The van der Waals surface area contributed by atoms with Crippen LogP contribution in [0.2, 0.25) is 0 Å². The van der Waals surface area contributed by atoms with Gasteiger partial charge in [-0.05, 0) is 19.1 Å². The smallest absolute Gasteiger partial charge is 0.356 e. The summed E-state index contributed by atoms with van der Waals surface area (Å²) in [4.78, 5) is 18.7. The number of pyridine rings is 1. The number of rotatable bonds is 5. The summed E-state index contributed by atoms with van der Waals surface area (Å²) in [6.07, 6.45) is 2.92. The molecule has 0 aliphatic carbocycles. The van der Waals surface area contributed by atoms with E-state index in [2.05, 4.69) is 21.4 Å². The van der Waals surface area contributed by atoms with E-state index in [9.17, 15) is 4.79 Å². The first-order valence-electron chi connectivity index (χ1n) is 5.97. The van der Waals surface area contributed by atoms with Crippen molar-refractivity contribution in [3.05, 3.63) is 41.6 Å². The molecule has 2 heterocycles. The summed E-state index contributed by atoms with van der Waals surface area (Å²) in [6.45, 7) is 2.89. The molecule has 0 saturated heterocycles. The number of carboxylic acid groups (broad SMARTS) is 1. The molecule has 2 N–H and O–H groups in total. The first-order chi connectivity index (χ1) is 9.60. The molecule has 0 aliphatic heterocycles. The quantitative estimate of drug-likeness (QED) is 0.848. The predicted molar refractivity (Wildman–Crippen MR) is 71.4 cm³/mol. The number of carbonyl (C=O) groups is 1. The number of nitrogens with one attached hydrogen (secondary N) is 1. The molecular weight excluding hydrogens is 258 g/mol. The standard InChI is InChI=1S/C13H13N5O2/c1-9-2-3-10(6-14)12(17-9)15-4-5-18-7-11(13(19)20)16-8-18/h2-3,7-8H,4-5H2,1H3,(H,15,17)(H,19,20). The fraction of sp³-hybridized carbons (Fsp3) is 0.231. The lowest BCUT2D eigenvalue weighted by atomic mass is 10.2. The summed E-state index contributed by atoms with van der Waals surface area (Å²) >= 11 is 0. The minimum absolute atomic E-state index is 0.0106. The highest BCUT2D eigenvalue weighted by molar-refractivity contribution is 5.84. The lowest BCUT2D eigenvalue weighted by Gasteiger charge is -2.08. The second kappa shape index (κ2) is 5.84. The Bertz CT molecular complexity index is 672. The van der Waals surface area contributed by atoms with Crippen LogP contribution in [0.1, 0.15) is 21.7 Å². The lowest BCUT2D eigenvalue weighted by molar-refractivity contribution is 0.0691. The van der Waals surface area contributed by atoms with Gasteiger partial charge in [-0.3, -0.25) is 0 Å². The molecule has 20 heavy (non-hydrogen) atoms. The first-order valence-corrected chi connectivity index (χ1v) is 5.97. The van der Waals surface area contributed by atoms with Gasteiger partial charge in [-0.2, -0.15) is 5.26 Å². The number of anilines is 1. The summed E-state index contributed by atoms with van der Waals surface area (Å²) < 4.78 is 1.66. The van der Waals surface area contributed by atoms with Crippen LogP contribution < -0.4 is 5.32 Å². The topological polar surface area (TPSA) is 104 Å². The number of aromatic carboxylic acids is 1. The average molecular weight is 271 g/mol. The number of aryl methyl sites for hydroxylation is 1. The Labute approximate surface area is 115 Å². The van der Waals surface area contributed by atoms with Crippen molar-refractivity contribution < 1.29 is 9.90 Å². The molecule has 0 bridgehead atoms. The molecule has 0 aromatic carbocycles. The summed E-state index contributed by atoms with van der Waals surface area (Å²) in [7, 11) is 0. The van der Waals surface area contributed by atoms with Gasteiger partial charge in [-0.15, -0.1) is 0 Å². The van der Waals surface area contributed by atoms with Crippen LogP contribution in [0.5, 0.6) is 0 Å². The third-order valence-corrected chi connectivity index (χ3v) is 2.67. The van der Waals surface area contributed by atoms with Gasteiger partial charge in [0.2, 0.25) is 0 Å². The Balaban J connectivity index is 1.97. The van der Waals surface area contributed by atoms with Gasteiger partial charge >= 0.3 is 5.97 Å². The first kappa shape index (κ1) is 13.5. The highest BCUT2D eigenvalue weighted by Gasteiger charge is 2.07. The molecule has 7 nitrogen and oxygen atoms in total. The van der Waals surface area contributed by atoms with E-state index >= 15 is 0 Å². The summed E-state index contributed by atoms with van der Waals surface area (Å²) in [6, 6.07) is 5.56. The Morgan fingerprint density at radius 1 is 1.55 bits per heavy atom. The zero-order valence-electron chi connectivity index (χ0n) is 10.9. The van der Waals surface area contributed by atoms with Crippen molar-refractivity contribution in [3.8, 4) is 6.07 Å². The third kappa shape index (κ3) is 3.11. The number of carboxylic acids is 1. The number of aromatic nitrogens is 3.